The molecule has 0 unspecified atom stereocenters. The zero-order valence-corrected chi connectivity index (χ0v) is 6.79. The molecule has 0 heterocycles. The first-order chi connectivity index (χ1) is 3.91. The van der Waals surface area contributed by atoms with Gasteiger partial charge in [-0.2, -0.15) is 0 Å². The Hall–Kier alpha value is 0.300. The van der Waals surface area contributed by atoms with E-state index in [9.17, 15) is 0 Å². The Kier molecular flexibility index (Phi) is 7.57. The fraction of sp³-hybridized carbons (Fsp3) is 0. The largest absolute Gasteiger partial charge is 0.148 e. The van der Waals surface area contributed by atoms with Gasteiger partial charge in [0, 0.05) is 0 Å². The molecule has 0 spiro atoms. The fourth-order valence-corrected chi connectivity index (χ4v) is 1.12. The second-order valence-corrected chi connectivity index (χ2v) is 2.44. The lowest BCUT2D eigenvalue weighted by molar-refractivity contribution is 2.03. The Morgan fingerprint density at radius 1 is 1.00 bits per heavy atom. The minimum absolute atomic E-state index is 1.11. The van der Waals surface area contributed by atoms with Gasteiger partial charge in [-0.25, -0.2) is 0 Å². The molecule has 0 rings (SSSR count). The van der Waals surface area contributed by atoms with Crippen LogP contribution in [0.1, 0.15) is 0 Å². The van der Waals surface area contributed by atoms with E-state index in [4.69, 9.17) is 0 Å². The first-order valence-corrected chi connectivity index (χ1v) is 4.27. The van der Waals surface area contributed by atoms with Crippen LogP contribution in [0.3, 0.4) is 0 Å². The predicted octanol–water partition coefficient (Wildman–Crippen LogP) is 2.40. The highest BCUT2D eigenvalue weighted by atomic mass is 33.1. The van der Waals surface area contributed by atoms with Crippen molar-refractivity contribution >= 4 is 56.7 Å². The van der Waals surface area contributed by atoms with Crippen molar-refractivity contribution in [1.29, 1.82) is 0 Å². The lowest BCUT2D eigenvalue weighted by atomic mass is 11.8. The molecule has 42 valence electrons. The van der Waals surface area contributed by atoms with Gasteiger partial charge >= 0.3 is 0 Å². The van der Waals surface area contributed by atoms with Gasteiger partial charge in [0.05, 0.1) is 32.3 Å². The molecular weight excluding hydrogens is 180 g/mol. The van der Waals surface area contributed by atoms with Gasteiger partial charge in [-0.1, -0.05) is 0 Å². The van der Waals surface area contributed by atoms with Crippen LogP contribution in [-0.4, -0.2) is 10.3 Å². The molecule has 0 aromatic heterocycles. The molecule has 0 aliphatic heterocycles. The van der Waals surface area contributed by atoms with Gasteiger partial charge in [-0.3, -0.25) is 0 Å². The summed E-state index contributed by atoms with van der Waals surface area (Å²) in [6, 6.07) is 0. The van der Waals surface area contributed by atoms with Crippen molar-refractivity contribution in [3.63, 3.8) is 0 Å². The highest BCUT2D eigenvalue weighted by molar-refractivity contribution is 8.75. The predicted molar refractivity (Wildman–Crippen MR) is 45.2 cm³/mol. The van der Waals surface area contributed by atoms with Gasteiger partial charge in [0.2, 0.25) is 0 Å². The van der Waals surface area contributed by atoms with Crippen LogP contribution in [0.5, 0.6) is 0 Å². The van der Waals surface area contributed by atoms with Crippen LogP contribution in [-0.2, 0) is 0 Å². The molecule has 0 aliphatic carbocycles. The van der Waals surface area contributed by atoms with Gasteiger partial charge in [-0.05, 0) is 24.4 Å². The third kappa shape index (κ3) is 6.30. The zero-order chi connectivity index (χ0) is 6.24. The summed E-state index contributed by atoms with van der Waals surface area (Å²) in [6.07, 6.45) is 0. The molecular formula is C2N2S4. The van der Waals surface area contributed by atoms with Crippen LogP contribution in [0.2, 0.25) is 0 Å². The Morgan fingerprint density at radius 2 is 1.38 bits per heavy atom. The minimum Gasteiger partial charge on any atom is -0.148 e. The van der Waals surface area contributed by atoms with Crippen LogP contribution in [0, 0.1) is 0 Å². The normalized spacial score (nSPS) is 6.50. The number of hydrogen-bond acceptors (Lipinski definition) is 6. The van der Waals surface area contributed by atoms with Crippen molar-refractivity contribution in [2.45, 2.75) is 0 Å². The van der Waals surface area contributed by atoms with E-state index in [0.717, 1.165) is 22.0 Å². The van der Waals surface area contributed by atoms with Crippen molar-refractivity contribution in [3.8, 4) is 0 Å². The van der Waals surface area contributed by atoms with E-state index in [2.05, 4.69) is 43.6 Å². The van der Waals surface area contributed by atoms with Crippen LogP contribution < -0.4 is 0 Å². The number of isothiocyanates is 2. The molecule has 0 fully saturated rings. The first-order valence-electron chi connectivity index (χ1n) is 1.39. The summed E-state index contributed by atoms with van der Waals surface area (Å²) in [5.41, 5.74) is 0. The molecule has 0 aromatic rings. The smallest absolute Gasteiger partial charge is 0.0803 e. The highest BCUT2D eigenvalue weighted by Crippen LogP contribution is 2.21. The number of hydrogen-bond donors (Lipinski definition) is 0. The Bertz CT molecular complexity index is 124. The van der Waals surface area contributed by atoms with Gasteiger partial charge in [0.15, 0.2) is 0 Å². The summed E-state index contributed by atoms with van der Waals surface area (Å²) >= 11 is 8.53. The monoisotopic (exact) mass is 180 g/mol. The minimum atomic E-state index is 1.11. The molecule has 0 amide bonds. The van der Waals surface area contributed by atoms with Gasteiger partial charge in [0.1, 0.15) is 0 Å². The first kappa shape index (κ1) is 8.30. The summed E-state index contributed by atoms with van der Waals surface area (Å²) in [5, 5.41) is 4.31. The molecule has 0 N–H and O–H groups in total. The number of rotatable bonds is 3. The summed E-state index contributed by atoms with van der Waals surface area (Å²) in [4.78, 5) is 0. The molecule has 8 heavy (non-hydrogen) atoms. The molecule has 0 saturated carbocycles. The molecule has 0 atom stereocenters. The van der Waals surface area contributed by atoms with Gasteiger partial charge in [-0.15, -0.1) is 8.80 Å². The molecule has 0 saturated heterocycles. The van der Waals surface area contributed by atoms with E-state index in [1.54, 1.807) is 0 Å². The maximum absolute atomic E-state index is 4.26. The molecule has 0 aromatic carbocycles. The molecule has 0 bridgehead atoms. The average molecular weight is 180 g/mol. The topological polar surface area (TPSA) is 24.7 Å². The van der Waals surface area contributed by atoms with E-state index < -0.39 is 0 Å². The quantitative estimate of drug-likeness (QED) is 0.219. The highest BCUT2D eigenvalue weighted by Gasteiger charge is 1.74. The lowest BCUT2D eigenvalue weighted by Crippen LogP contribution is -1.38. The summed E-state index contributed by atoms with van der Waals surface area (Å²) in [6.45, 7) is 0. The summed E-state index contributed by atoms with van der Waals surface area (Å²) < 4.78 is 6.95. The molecule has 0 radical (unpaired) electrons. The average Bonchev–Trinajstić information content (AvgIpc) is 1.81. The Balaban J connectivity index is 3.18. The van der Waals surface area contributed by atoms with Crippen LogP contribution in [0.4, 0.5) is 0 Å². The third-order valence-corrected chi connectivity index (χ3v) is 1.64. The zero-order valence-electron chi connectivity index (χ0n) is 3.53. The summed E-state index contributed by atoms with van der Waals surface area (Å²) in [5.74, 6) is 0. The van der Waals surface area contributed by atoms with Crippen molar-refractivity contribution in [2.75, 3.05) is 0 Å². The lowest BCUT2D eigenvalue weighted by Gasteiger charge is -1.72. The van der Waals surface area contributed by atoms with Gasteiger partial charge in [0.25, 0.3) is 0 Å². The van der Waals surface area contributed by atoms with Crippen LogP contribution in [0.15, 0.2) is 8.80 Å². The maximum Gasteiger partial charge on any atom is 0.0803 e. The molecule has 2 nitrogen and oxygen atoms in total. The van der Waals surface area contributed by atoms with Crippen molar-refractivity contribution < 1.29 is 0 Å². The molecule has 0 aliphatic rings. The number of nitrogens with zero attached hydrogens (tertiary/aromatic N) is 2. The van der Waals surface area contributed by atoms with Gasteiger partial charge < -0.3 is 0 Å². The number of thiocarbonyl (C=S) groups is 2. The second-order valence-electron chi connectivity index (χ2n) is 0.514. The van der Waals surface area contributed by atoms with Crippen molar-refractivity contribution in [1.82, 2.24) is 0 Å². The molecule has 6 heteroatoms. The Morgan fingerprint density at radius 3 is 1.62 bits per heavy atom. The SMILES string of the molecule is S=C=NSSN=C=S. The van der Waals surface area contributed by atoms with E-state index in [0.29, 0.717) is 0 Å². The summed E-state index contributed by atoms with van der Waals surface area (Å²) in [7, 11) is 2.22. The fourth-order valence-electron chi connectivity index (χ4n) is 0.0638. The third-order valence-electron chi connectivity index (χ3n) is 0.182. The maximum atomic E-state index is 4.26. The van der Waals surface area contributed by atoms with E-state index in [1.807, 2.05) is 0 Å². The van der Waals surface area contributed by atoms with Crippen LogP contribution in [0.25, 0.3) is 0 Å². The second kappa shape index (κ2) is 7.30. The van der Waals surface area contributed by atoms with E-state index >= 15 is 0 Å². The standard InChI is InChI=1S/C2N2S4/c5-1-3-7-8-4-2-6. The van der Waals surface area contributed by atoms with Crippen LogP contribution >= 0.6 is 46.4 Å². The van der Waals surface area contributed by atoms with Crippen molar-refractivity contribution in [2.24, 2.45) is 8.80 Å². The van der Waals surface area contributed by atoms with E-state index in [1.165, 1.54) is 0 Å². The Labute approximate surface area is 65.5 Å². The van der Waals surface area contributed by atoms with E-state index in [-0.39, 0.29) is 0 Å². The van der Waals surface area contributed by atoms with Crippen molar-refractivity contribution in [3.05, 3.63) is 0 Å².